The van der Waals surface area contributed by atoms with Gasteiger partial charge in [0.15, 0.2) is 0 Å². The lowest BCUT2D eigenvalue weighted by Gasteiger charge is -2.09. The number of aliphatic hydroxyl groups excluding tert-OH is 1. The molecule has 0 atom stereocenters. The van der Waals surface area contributed by atoms with Gasteiger partial charge in [-0.3, -0.25) is 5.41 Å². The molecular weight excluding hydrogens is 616 g/mol. The lowest BCUT2D eigenvalue weighted by atomic mass is 10.1. The molecule has 0 aliphatic rings. The third-order valence-electron chi connectivity index (χ3n) is 7.30. The highest BCUT2D eigenvalue weighted by Gasteiger charge is 2.00. The number of benzene rings is 2. The molecule has 4 N–H and O–H groups in total. The lowest BCUT2D eigenvalue weighted by molar-refractivity contribution is -0.0180. The molecule has 11 heteroatoms. The topological polar surface area (TPSA) is 144 Å². The van der Waals surface area contributed by atoms with Gasteiger partial charge in [-0.25, -0.2) is 0 Å². The number of hydrogen-bond donors (Lipinski definition) is 3. The van der Waals surface area contributed by atoms with Crippen LogP contribution >= 0.6 is 0 Å². The van der Waals surface area contributed by atoms with Crippen LogP contribution in [0.3, 0.4) is 0 Å². The van der Waals surface area contributed by atoms with Gasteiger partial charge in [-0.2, -0.15) is 0 Å². The van der Waals surface area contributed by atoms with Gasteiger partial charge in [0.1, 0.15) is 17.3 Å². The molecule has 0 amide bonds. The molecule has 0 saturated heterocycles. The van der Waals surface area contributed by atoms with E-state index in [0.717, 1.165) is 49.5 Å². The first-order valence-electron chi connectivity index (χ1n) is 17.6. The fourth-order valence-electron chi connectivity index (χ4n) is 4.58. The van der Waals surface area contributed by atoms with Crippen molar-refractivity contribution in [2.45, 2.75) is 57.8 Å². The van der Waals surface area contributed by atoms with E-state index in [1.807, 2.05) is 36.4 Å². The van der Waals surface area contributed by atoms with Crippen LogP contribution in [0.4, 0.5) is 0 Å². The first-order valence-corrected chi connectivity index (χ1v) is 17.6. The third kappa shape index (κ3) is 23.5. The van der Waals surface area contributed by atoms with Gasteiger partial charge >= 0.3 is 0 Å². The molecule has 0 aliphatic heterocycles. The molecule has 0 bridgehead atoms. The van der Waals surface area contributed by atoms with E-state index in [9.17, 15) is 0 Å². The average molecular weight is 677 g/mol. The Labute approximate surface area is 287 Å². The van der Waals surface area contributed by atoms with Gasteiger partial charge in [0.25, 0.3) is 0 Å². The predicted molar refractivity (Wildman–Crippen MR) is 188 cm³/mol. The van der Waals surface area contributed by atoms with Crippen molar-refractivity contribution in [1.29, 1.82) is 5.41 Å². The van der Waals surface area contributed by atoms with Crippen molar-refractivity contribution >= 4 is 5.84 Å². The van der Waals surface area contributed by atoms with Gasteiger partial charge in [-0.05, 0) is 61.2 Å². The molecule has 0 aliphatic carbocycles. The summed E-state index contributed by atoms with van der Waals surface area (Å²) in [7, 11) is 0. The second-order valence-corrected chi connectivity index (χ2v) is 11.3. The Bertz CT molecular complexity index is 1010. The molecule has 0 radical (unpaired) electrons. The van der Waals surface area contributed by atoms with Crippen molar-refractivity contribution in [3.8, 4) is 11.5 Å². The van der Waals surface area contributed by atoms with E-state index in [0.29, 0.717) is 79.3 Å². The Morgan fingerprint density at radius 3 is 1.21 bits per heavy atom. The smallest absolute Gasteiger partial charge is 0.122 e. The second-order valence-electron chi connectivity index (χ2n) is 11.3. The molecule has 0 spiro atoms. The minimum atomic E-state index is 0.0291. The van der Waals surface area contributed by atoms with Gasteiger partial charge in [0.05, 0.1) is 99.1 Å². The summed E-state index contributed by atoms with van der Waals surface area (Å²) in [5.74, 6) is 1.83. The van der Waals surface area contributed by atoms with E-state index in [1.165, 1.54) is 44.1 Å². The van der Waals surface area contributed by atoms with Gasteiger partial charge in [0, 0.05) is 5.56 Å². The Morgan fingerprint density at radius 1 is 0.458 bits per heavy atom. The van der Waals surface area contributed by atoms with E-state index in [4.69, 9.17) is 54.1 Å². The maximum absolute atomic E-state index is 8.60. The van der Waals surface area contributed by atoms with E-state index >= 15 is 0 Å². The fraction of sp³-hybridized carbons (Fsp3) is 0.649. The fourth-order valence-corrected chi connectivity index (χ4v) is 4.58. The largest absolute Gasteiger partial charge is 0.494 e. The molecule has 0 heterocycles. The number of aliphatic hydroxyl groups is 1. The van der Waals surface area contributed by atoms with Gasteiger partial charge in [-0.1, -0.05) is 50.7 Å². The van der Waals surface area contributed by atoms with E-state index in [2.05, 4.69) is 12.1 Å². The standard InChI is InChI=1S/C37H60N2O9/c38-37(39)34-11-15-36(16-12-34)48-20-8-6-4-2-1-3-5-7-19-47-35-13-9-33(10-14-35)17-21-41-23-25-43-27-29-45-31-32-46-30-28-44-26-24-42-22-18-40/h9-16,40H,1-8,17-32H2,(H3,38,39). The molecule has 2 rings (SSSR count). The number of unbranched alkanes of at least 4 members (excludes halogenated alkanes) is 7. The third-order valence-corrected chi connectivity index (χ3v) is 7.30. The van der Waals surface area contributed by atoms with Crippen LogP contribution in [0.25, 0.3) is 0 Å². The molecule has 0 unspecified atom stereocenters. The number of nitrogens with two attached hydrogens (primary N) is 1. The number of nitrogens with one attached hydrogen (secondary N) is 1. The summed E-state index contributed by atoms with van der Waals surface area (Å²) < 4.78 is 44.3. The second kappa shape index (κ2) is 30.3. The Hall–Kier alpha value is -2.77. The normalized spacial score (nSPS) is 11.2. The van der Waals surface area contributed by atoms with Crippen LogP contribution in [-0.4, -0.2) is 110 Å². The molecule has 0 saturated carbocycles. The van der Waals surface area contributed by atoms with Gasteiger partial charge in [-0.15, -0.1) is 0 Å². The molecule has 11 nitrogen and oxygen atoms in total. The van der Waals surface area contributed by atoms with Crippen molar-refractivity contribution in [1.82, 2.24) is 0 Å². The summed E-state index contributed by atoms with van der Waals surface area (Å²) in [4.78, 5) is 0. The summed E-state index contributed by atoms with van der Waals surface area (Å²) >= 11 is 0. The average Bonchev–Trinajstić information content (AvgIpc) is 3.10. The monoisotopic (exact) mass is 676 g/mol. The SMILES string of the molecule is N=C(N)c1ccc(OCCCCCCCCCCOc2ccc(CCOCCOCCOCCOCCOCCOCCO)cc2)cc1. The quantitative estimate of drug-likeness (QED) is 0.0515. The van der Waals surface area contributed by atoms with Crippen LogP contribution in [0.5, 0.6) is 11.5 Å². The van der Waals surface area contributed by atoms with Gasteiger partial charge in [0.2, 0.25) is 0 Å². The Morgan fingerprint density at radius 2 is 0.812 bits per heavy atom. The number of hydrogen-bond acceptors (Lipinski definition) is 10. The van der Waals surface area contributed by atoms with Crippen molar-refractivity contribution in [3.63, 3.8) is 0 Å². The predicted octanol–water partition coefficient (Wildman–Crippen LogP) is 5.18. The summed E-state index contributed by atoms with van der Waals surface area (Å²) in [6.07, 6.45) is 10.4. The highest BCUT2D eigenvalue weighted by Crippen LogP contribution is 2.15. The van der Waals surface area contributed by atoms with E-state index in [1.54, 1.807) is 0 Å². The van der Waals surface area contributed by atoms with Crippen LogP contribution in [0.15, 0.2) is 48.5 Å². The number of ether oxygens (including phenoxy) is 8. The highest BCUT2D eigenvalue weighted by atomic mass is 16.6. The highest BCUT2D eigenvalue weighted by molar-refractivity contribution is 5.94. The zero-order valence-corrected chi connectivity index (χ0v) is 28.9. The van der Waals surface area contributed by atoms with Gasteiger partial charge < -0.3 is 48.7 Å². The molecule has 2 aromatic carbocycles. The number of amidine groups is 1. The van der Waals surface area contributed by atoms with Crippen LogP contribution in [0.1, 0.15) is 62.5 Å². The van der Waals surface area contributed by atoms with Crippen LogP contribution in [0.2, 0.25) is 0 Å². The number of nitrogen functional groups attached to an aromatic ring is 1. The zero-order chi connectivity index (χ0) is 34.2. The molecule has 2 aromatic rings. The maximum atomic E-state index is 8.60. The maximum Gasteiger partial charge on any atom is 0.122 e. The summed E-state index contributed by atoms with van der Waals surface area (Å²) in [5.41, 5.74) is 7.43. The summed E-state index contributed by atoms with van der Waals surface area (Å²) in [6, 6.07) is 15.7. The van der Waals surface area contributed by atoms with Crippen LogP contribution < -0.4 is 15.2 Å². The first kappa shape index (κ1) is 41.4. The van der Waals surface area contributed by atoms with Crippen LogP contribution in [0, 0.1) is 5.41 Å². The Kier molecular flexibility index (Phi) is 26.1. The molecule has 0 fully saturated rings. The van der Waals surface area contributed by atoms with Crippen molar-refractivity contribution in [3.05, 3.63) is 59.7 Å². The van der Waals surface area contributed by atoms with E-state index < -0.39 is 0 Å². The minimum Gasteiger partial charge on any atom is -0.494 e. The minimum absolute atomic E-state index is 0.0291. The molecule has 48 heavy (non-hydrogen) atoms. The van der Waals surface area contributed by atoms with Crippen LogP contribution in [-0.2, 0) is 34.8 Å². The molecule has 272 valence electrons. The van der Waals surface area contributed by atoms with Crippen molar-refractivity contribution in [2.75, 3.05) is 99.1 Å². The molecule has 0 aromatic heterocycles. The first-order chi connectivity index (χ1) is 23.7. The summed E-state index contributed by atoms with van der Waals surface area (Å²) in [6.45, 7) is 7.69. The Balaban J connectivity index is 1.28. The molecular formula is C37H60N2O9. The van der Waals surface area contributed by atoms with Crippen molar-refractivity contribution in [2.24, 2.45) is 5.73 Å². The summed E-state index contributed by atoms with van der Waals surface area (Å²) in [5, 5.41) is 16.0. The lowest BCUT2D eigenvalue weighted by Crippen LogP contribution is -2.14. The van der Waals surface area contributed by atoms with E-state index in [-0.39, 0.29) is 12.4 Å². The van der Waals surface area contributed by atoms with Crippen molar-refractivity contribution < 1.29 is 43.0 Å². The number of rotatable bonds is 34. The zero-order valence-electron chi connectivity index (χ0n) is 28.9.